The van der Waals surface area contributed by atoms with E-state index in [2.05, 4.69) is 16.8 Å². The highest BCUT2D eigenvalue weighted by atomic mass is 16.3. The van der Waals surface area contributed by atoms with E-state index in [4.69, 9.17) is 0 Å². The van der Waals surface area contributed by atoms with Crippen molar-refractivity contribution in [2.24, 2.45) is 0 Å². The van der Waals surface area contributed by atoms with Gasteiger partial charge in [0, 0.05) is 45.7 Å². The molecule has 1 amide bonds. The van der Waals surface area contributed by atoms with Gasteiger partial charge in [-0.3, -0.25) is 14.2 Å². The van der Waals surface area contributed by atoms with Crippen molar-refractivity contribution in [2.75, 3.05) is 52.2 Å². The molecule has 8 nitrogen and oxygen atoms in total. The third-order valence-corrected chi connectivity index (χ3v) is 6.50. The van der Waals surface area contributed by atoms with Crippen LogP contribution in [-0.4, -0.2) is 83.3 Å². The van der Waals surface area contributed by atoms with Crippen molar-refractivity contribution in [3.8, 4) is 0 Å². The second-order valence-corrected chi connectivity index (χ2v) is 9.56. The average molecular weight is 456 g/mol. The van der Waals surface area contributed by atoms with Gasteiger partial charge in [-0.25, -0.2) is 4.98 Å². The van der Waals surface area contributed by atoms with Gasteiger partial charge in [-0.15, -0.1) is 0 Å². The number of aliphatic hydroxyl groups is 1. The summed E-state index contributed by atoms with van der Waals surface area (Å²) < 4.78 is 1.47. The lowest BCUT2D eigenvalue weighted by molar-refractivity contribution is -0.136. The Kier molecular flexibility index (Phi) is 8.26. The van der Waals surface area contributed by atoms with Gasteiger partial charge in [0.15, 0.2) is 0 Å². The van der Waals surface area contributed by atoms with Crippen LogP contribution in [0, 0.1) is 0 Å². The van der Waals surface area contributed by atoms with Crippen LogP contribution in [0.2, 0.25) is 0 Å². The Balaban J connectivity index is 1.54. The van der Waals surface area contributed by atoms with E-state index < -0.39 is 5.60 Å². The van der Waals surface area contributed by atoms with Crippen LogP contribution in [0.5, 0.6) is 0 Å². The minimum atomic E-state index is -1.02. The summed E-state index contributed by atoms with van der Waals surface area (Å²) in [7, 11) is 5.92. The summed E-state index contributed by atoms with van der Waals surface area (Å²) in [4.78, 5) is 35.7. The fraction of sp³-hybridized carbons (Fsp3) is 0.560. The SMILES string of the molecule is C[C@H](CC(=O)N1CCC(O)(Cn2cnc(N(C)CCN(C)C)cc2=O)CC1)c1ccccc1. The highest BCUT2D eigenvalue weighted by molar-refractivity contribution is 5.77. The van der Waals surface area contributed by atoms with Gasteiger partial charge in [0.2, 0.25) is 5.91 Å². The van der Waals surface area contributed by atoms with Gasteiger partial charge in [-0.2, -0.15) is 0 Å². The predicted molar refractivity (Wildman–Crippen MR) is 131 cm³/mol. The zero-order valence-corrected chi connectivity index (χ0v) is 20.3. The molecule has 1 atom stereocenters. The molecule has 1 aromatic carbocycles. The molecule has 0 aliphatic carbocycles. The number of rotatable bonds is 9. The molecule has 1 aliphatic heterocycles. The zero-order valence-electron chi connectivity index (χ0n) is 20.3. The molecule has 3 rings (SSSR count). The van der Waals surface area contributed by atoms with Crippen molar-refractivity contribution < 1.29 is 9.90 Å². The molecular weight excluding hydrogens is 418 g/mol. The summed E-state index contributed by atoms with van der Waals surface area (Å²) in [5, 5.41) is 11.1. The highest BCUT2D eigenvalue weighted by Gasteiger charge is 2.34. The van der Waals surface area contributed by atoms with Crippen molar-refractivity contribution in [2.45, 2.75) is 44.2 Å². The maximum Gasteiger partial charge on any atom is 0.255 e. The Labute approximate surface area is 196 Å². The molecule has 2 aromatic rings. The van der Waals surface area contributed by atoms with Crippen LogP contribution in [0.4, 0.5) is 5.82 Å². The van der Waals surface area contributed by atoms with Crippen LogP contribution >= 0.6 is 0 Å². The van der Waals surface area contributed by atoms with Gasteiger partial charge in [0.1, 0.15) is 5.82 Å². The number of piperidine rings is 1. The van der Waals surface area contributed by atoms with Crippen LogP contribution < -0.4 is 10.5 Å². The quantitative estimate of drug-likeness (QED) is 0.621. The minimum absolute atomic E-state index is 0.109. The van der Waals surface area contributed by atoms with Crippen LogP contribution in [0.1, 0.15) is 37.7 Å². The molecule has 0 radical (unpaired) electrons. The topological polar surface area (TPSA) is 81.9 Å². The fourth-order valence-corrected chi connectivity index (χ4v) is 4.15. The number of carbonyl (C=O) groups is 1. The van der Waals surface area contributed by atoms with Gasteiger partial charge < -0.3 is 19.8 Å². The minimum Gasteiger partial charge on any atom is -0.388 e. The van der Waals surface area contributed by atoms with Crippen molar-refractivity contribution in [1.82, 2.24) is 19.4 Å². The molecule has 0 spiro atoms. The fourth-order valence-electron chi connectivity index (χ4n) is 4.15. The molecule has 0 unspecified atom stereocenters. The highest BCUT2D eigenvalue weighted by Crippen LogP contribution is 2.26. The Hall–Kier alpha value is -2.71. The van der Waals surface area contributed by atoms with E-state index in [0.29, 0.717) is 38.2 Å². The van der Waals surface area contributed by atoms with Gasteiger partial charge in [0.05, 0.1) is 18.5 Å². The first kappa shape index (κ1) is 24.9. The molecule has 2 heterocycles. The predicted octanol–water partition coefficient (Wildman–Crippen LogP) is 1.79. The summed E-state index contributed by atoms with van der Waals surface area (Å²) in [5.74, 6) is 0.883. The van der Waals surface area contributed by atoms with Crippen molar-refractivity contribution >= 4 is 11.7 Å². The third-order valence-electron chi connectivity index (χ3n) is 6.50. The molecule has 1 aliphatic rings. The van der Waals surface area contributed by atoms with E-state index in [9.17, 15) is 14.7 Å². The van der Waals surface area contributed by atoms with E-state index in [-0.39, 0.29) is 23.9 Å². The summed E-state index contributed by atoms with van der Waals surface area (Å²) in [6.45, 7) is 4.85. The smallest absolute Gasteiger partial charge is 0.255 e. The molecule has 0 bridgehead atoms. The number of hydrogen-bond donors (Lipinski definition) is 1. The van der Waals surface area contributed by atoms with Crippen LogP contribution in [0.3, 0.4) is 0 Å². The van der Waals surface area contributed by atoms with Crippen LogP contribution in [0.25, 0.3) is 0 Å². The first-order valence-electron chi connectivity index (χ1n) is 11.6. The maximum absolute atomic E-state index is 12.8. The molecule has 180 valence electrons. The average Bonchev–Trinajstić information content (AvgIpc) is 2.79. The Bertz CT molecular complexity index is 968. The largest absolute Gasteiger partial charge is 0.388 e. The van der Waals surface area contributed by atoms with E-state index in [1.165, 1.54) is 17.0 Å². The van der Waals surface area contributed by atoms with Crippen molar-refractivity contribution in [1.29, 1.82) is 0 Å². The molecule has 1 N–H and O–H groups in total. The molecule has 0 saturated carbocycles. The Morgan fingerprint density at radius 3 is 2.42 bits per heavy atom. The number of carbonyl (C=O) groups excluding carboxylic acids is 1. The summed E-state index contributed by atoms with van der Waals surface area (Å²) in [6, 6.07) is 11.6. The number of likely N-dealkylation sites (N-methyl/N-ethyl adjacent to an activating group) is 2. The maximum atomic E-state index is 12.8. The van der Waals surface area contributed by atoms with Crippen molar-refractivity contribution in [3.63, 3.8) is 0 Å². The molecule has 8 heteroatoms. The molecule has 33 heavy (non-hydrogen) atoms. The van der Waals surface area contributed by atoms with Crippen LogP contribution in [0.15, 0.2) is 47.5 Å². The number of anilines is 1. The number of benzene rings is 1. The van der Waals surface area contributed by atoms with E-state index in [1.54, 1.807) is 0 Å². The lowest BCUT2D eigenvalue weighted by Gasteiger charge is -2.38. The van der Waals surface area contributed by atoms with E-state index in [0.717, 1.165) is 18.7 Å². The number of aromatic nitrogens is 2. The summed E-state index contributed by atoms with van der Waals surface area (Å²) in [5.41, 5.74) is -0.0477. The van der Waals surface area contributed by atoms with E-state index >= 15 is 0 Å². The number of hydrogen-bond acceptors (Lipinski definition) is 6. The normalized spacial score (nSPS) is 16.6. The van der Waals surface area contributed by atoms with Gasteiger partial charge in [-0.1, -0.05) is 37.3 Å². The first-order valence-corrected chi connectivity index (χ1v) is 11.6. The monoisotopic (exact) mass is 455 g/mol. The third kappa shape index (κ3) is 6.88. The lowest BCUT2D eigenvalue weighted by Crippen LogP contribution is -2.49. The van der Waals surface area contributed by atoms with E-state index in [1.807, 2.05) is 61.3 Å². The van der Waals surface area contributed by atoms with Crippen LogP contribution in [-0.2, 0) is 11.3 Å². The van der Waals surface area contributed by atoms with Gasteiger partial charge >= 0.3 is 0 Å². The first-order chi connectivity index (χ1) is 15.7. The second kappa shape index (κ2) is 10.9. The van der Waals surface area contributed by atoms with Gasteiger partial charge in [0.25, 0.3) is 5.56 Å². The lowest BCUT2D eigenvalue weighted by atomic mass is 9.90. The summed E-state index contributed by atoms with van der Waals surface area (Å²) in [6.07, 6.45) is 2.85. The standard InChI is InChI=1S/C25H37N5O3/c1-20(21-8-6-5-7-9-21)16-23(31)29-12-10-25(33,11-13-29)18-30-19-26-22(17-24(30)32)28(4)15-14-27(2)3/h5-9,17,19-20,33H,10-16,18H2,1-4H3/t20-/m1/s1. The van der Waals surface area contributed by atoms with Crippen molar-refractivity contribution in [3.05, 3.63) is 58.6 Å². The molecule has 1 saturated heterocycles. The molecule has 1 fully saturated rings. The molecular formula is C25H37N5O3. The zero-order chi connectivity index (χ0) is 24.0. The Morgan fingerprint density at radius 2 is 1.82 bits per heavy atom. The molecule has 1 aromatic heterocycles. The summed E-state index contributed by atoms with van der Waals surface area (Å²) >= 11 is 0. The van der Waals surface area contributed by atoms with Gasteiger partial charge in [-0.05, 0) is 38.4 Å². The number of nitrogens with zero attached hydrogens (tertiary/aromatic N) is 5. The second-order valence-electron chi connectivity index (χ2n) is 9.56. The number of amides is 1. The number of likely N-dealkylation sites (tertiary alicyclic amines) is 1. The Morgan fingerprint density at radius 1 is 1.15 bits per heavy atom.